The van der Waals surface area contributed by atoms with E-state index in [0.29, 0.717) is 40.3 Å². The van der Waals surface area contributed by atoms with Crippen LogP contribution >= 0.6 is 0 Å². The Labute approximate surface area is 275 Å². The van der Waals surface area contributed by atoms with Crippen LogP contribution < -0.4 is 21.3 Å². The van der Waals surface area contributed by atoms with E-state index >= 15 is 0 Å². The highest BCUT2D eigenvalue weighted by Gasteiger charge is 2.61. The first-order valence-corrected chi connectivity index (χ1v) is 18.0. The number of aliphatic hydroxyl groups is 2. The van der Waals surface area contributed by atoms with Gasteiger partial charge in [0.15, 0.2) is 5.78 Å². The molecule has 8 atom stereocenters. The molecular formula is C38H69N3O4. The lowest BCUT2D eigenvalue weighted by atomic mass is 9.44. The number of nitrogen functional groups attached to an aromatic ring is 1. The second kappa shape index (κ2) is 15.8. The zero-order valence-electron chi connectivity index (χ0n) is 30.7. The quantitative estimate of drug-likeness (QED) is 0.142. The molecule has 0 saturated heterocycles. The maximum Gasteiger partial charge on any atom is 0.157 e. The average Bonchev–Trinajstić information content (AvgIpc) is 3.37. The van der Waals surface area contributed by atoms with Crippen molar-refractivity contribution in [2.75, 3.05) is 24.4 Å². The fraction of sp³-hybridized carbons (Fsp3) is 0.816. The van der Waals surface area contributed by atoms with Crippen LogP contribution in [0, 0.1) is 40.4 Å². The van der Waals surface area contributed by atoms with Crippen molar-refractivity contribution >= 4 is 17.2 Å². The van der Waals surface area contributed by atoms with Gasteiger partial charge >= 0.3 is 0 Å². The molecule has 0 radical (unpaired) electrons. The van der Waals surface area contributed by atoms with Crippen molar-refractivity contribution in [3.05, 3.63) is 18.2 Å². The summed E-state index contributed by atoms with van der Waals surface area (Å²) in [5.74, 6) is 10.0. The lowest BCUT2D eigenvalue weighted by Gasteiger charge is -2.61. The lowest BCUT2D eigenvalue weighted by molar-refractivity contribution is -0.150. The highest BCUT2D eigenvalue weighted by molar-refractivity contribution is 5.87. The summed E-state index contributed by atoms with van der Waals surface area (Å²) < 4.78 is 5.32. The zero-order valence-corrected chi connectivity index (χ0v) is 30.7. The normalized spacial score (nSPS) is 34.9. The number of Topliss-reactive ketones (excluding diaryl/α,β-unsaturated/α-hetero) is 1. The summed E-state index contributed by atoms with van der Waals surface area (Å²) in [6.45, 7) is 20.7. The first-order valence-electron chi connectivity index (χ1n) is 18.0. The van der Waals surface area contributed by atoms with Crippen LogP contribution in [0.2, 0.25) is 0 Å². The number of rotatable bonds is 6. The second-order valence-electron chi connectivity index (χ2n) is 15.2. The van der Waals surface area contributed by atoms with E-state index in [2.05, 4.69) is 13.8 Å². The van der Waals surface area contributed by atoms with Gasteiger partial charge in [-0.25, -0.2) is 5.84 Å². The van der Waals surface area contributed by atoms with Crippen molar-refractivity contribution in [3.8, 4) is 5.75 Å². The molecule has 7 unspecified atom stereocenters. The molecule has 0 aromatic heterocycles. The van der Waals surface area contributed by atoms with Gasteiger partial charge in [-0.2, -0.15) is 0 Å². The molecule has 6 N–H and O–H groups in total. The van der Waals surface area contributed by atoms with Gasteiger partial charge in [0.25, 0.3) is 0 Å². The predicted octanol–water partition coefficient (Wildman–Crippen LogP) is 8.16. The molecule has 0 spiro atoms. The van der Waals surface area contributed by atoms with Crippen molar-refractivity contribution in [1.29, 1.82) is 0 Å². The van der Waals surface area contributed by atoms with Gasteiger partial charge in [0.05, 0.1) is 36.2 Å². The minimum Gasteiger partial charge on any atom is -0.497 e. The number of ketones is 1. The highest BCUT2D eigenvalue weighted by atomic mass is 16.5. The molecule has 0 aliphatic heterocycles. The number of methoxy groups -OCH3 is 1. The molecule has 4 fully saturated rings. The van der Waals surface area contributed by atoms with Crippen molar-refractivity contribution in [3.63, 3.8) is 0 Å². The van der Waals surface area contributed by atoms with E-state index in [4.69, 9.17) is 21.4 Å². The van der Waals surface area contributed by atoms with Gasteiger partial charge in [-0.1, -0.05) is 48.5 Å². The molecule has 4 saturated carbocycles. The Balaban J connectivity index is 0.000000625. The first-order chi connectivity index (χ1) is 21.0. The number of ether oxygens (including phenoxy) is 1. The average molecular weight is 632 g/mol. The van der Waals surface area contributed by atoms with E-state index in [1.807, 2.05) is 41.5 Å². The van der Waals surface area contributed by atoms with Gasteiger partial charge in [0.1, 0.15) is 5.75 Å². The predicted molar refractivity (Wildman–Crippen MR) is 189 cm³/mol. The third kappa shape index (κ3) is 8.75. The molecule has 0 amide bonds. The van der Waals surface area contributed by atoms with Gasteiger partial charge in [-0.15, -0.1) is 0 Å². The Hall–Kier alpha value is -1.83. The number of anilines is 2. The van der Waals surface area contributed by atoms with Crippen LogP contribution in [0.25, 0.3) is 0 Å². The molecule has 1 aromatic rings. The molecular weight excluding hydrogens is 562 g/mol. The number of hydrogen-bond acceptors (Lipinski definition) is 7. The molecule has 0 bridgehead atoms. The van der Waals surface area contributed by atoms with Crippen LogP contribution in [-0.4, -0.2) is 40.9 Å². The number of nitrogens with zero attached hydrogens (tertiary/aromatic N) is 1. The van der Waals surface area contributed by atoms with Gasteiger partial charge < -0.3 is 25.7 Å². The van der Waals surface area contributed by atoms with Crippen molar-refractivity contribution < 1.29 is 19.7 Å². The van der Waals surface area contributed by atoms with E-state index in [1.54, 1.807) is 39.2 Å². The molecule has 1 aromatic carbocycles. The summed E-state index contributed by atoms with van der Waals surface area (Å²) in [5.41, 5.74) is 6.79. The molecule has 45 heavy (non-hydrogen) atoms. The summed E-state index contributed by atoms with van der Waals surface area (Å²) in [5, 5.41) is 21.1. The number of nitrogens with two attached hydrogens (primary N) is 2. The monoisotopic (exact) mass is 632 g/mol. The van der Waals surface area contributed by atoms with E-state index in [1.165, 1.54) is 24.3 Å². The fourth-order valence-corrected chi connectivity index (χ4v) is 9.22. The summed E-state index contributed by atoms with van der Waals surface area (Å²) in [4.78, 5) is 13.7. The van der Waals surface area contributed by atoms with Crippen LogP contribution in [0.4, 0.5) is 11.4 Å². The SMILES string of the molecule is CC.CC.CCC(C)(C)O.COc1ccc(N)c(N(N)CC(=O)C2CCC3C4CCC5C[C@](C)(O)CCC5(C)C4CCC23C)c1. The van der Waals surface area contributed by atoms with E-state index in [9.17, 15) is 9.90 Å². The third-order valence-electron chi connectivity index (χ3n) is 12.1. The molecule has 7 heteroatoms. The Morgan fingerprint density at radius 1 is 0.978 bits per heavy atom. The number of hydrogen-bond donors (Lipinski definition) is 4. The van der Waals surface area contributed by atoms with Crippen LogP contribution in [-0.2, 0) is 4.79 Å². The summed E-state index contributed by atoms with van der Waals surface area (Å²) in [6, 6.07) is 5.38. The first kappa shape index (κ1) is 39.3. The standard InChI is InChI=1S/C29H45N3O3.C5H12O.2C2H6/c1-27(34)13-14-28(2)18(16-27)5-7-20-21-8-9-23(29(21,3)12-11-22(20)28)26(33)17-32(31)25-15-19(35-4)6-10-24(25)30;1-4-5(2,3)6;2*1-2/h6,10,15,18,20-23,34H,5,7-9,11-14,16-17,30-31H2,1-4H3;6H,4H2,1-3H3;2*1-2H3/t18?,20?,21?,22?,23?,27-,28?,29?;;;/m1.../s1. The van der Waals surface area contributed by atoms with Crippen molar-refractivity contribution in [1.82, 2.24) is 0 Å². The molecule has 7 nitrogen and oxygen atoms in total. The zero-order chi connectivity index (χ0) is 34.4. The summed E-state index contributed by atoms with van der Waals surface area (Å²) in [6.07, 6.45) is 10.8. The second-order valence-corrected chi connectivity index (χ2v) is 15.2. The molecule has 260 valence electrons. The van der Waals surface area contributed by atoms with Crippen LogP contribution in [0.1, 0.15) is 133 Å². The number of carbonyl (C=O) groups excluding carboxylic acids is 1. The van der Waals surface area contributed by atoms with E-state index in [0.717, 1.165) is 50.9 Å². The minimum absolute atomic E-state index is 0.0579. The van der Waals surface area contributed by atoms with Gasteiger partial charge in [0, 0.05) is 12.0 Å². The minimum atomic E-state index is -0.495. The smallest absolute Gasteiger partial charge is 0.157 e. The van der Waals surface area contributed by atoms with E-state index in [-0.39, 0.29) is 23.7 Å². The molecule has 4 aliphatic carbocycles. The van der Waals surface area contributed by atoms with Crippen LogP contribution in [0.3, 0.4) is 0 Å². The Morgan fingerprint density at radius 3 is 2.16 bits per heavy atom. The number of benzene rings is 1. The highest BCUT2D eigenvalue weighted by Crippen LogP contribution is 2.68. The third-order valence-corrected chi connectivity index (χ3v) is 12.1. The summed E-state index contributed by atoms with van der Waals surface area (Å²) >= 11 is 0. The topological polar surface area (TPSA) is 122 Å². The Kier molecular flexibility index (Phi) is 13.9. The molecule has 4 aliphatic rings. The Bertz CT molecular complexity index is 1090. The fourth-order valence-electron chi connectivity index (χ4n) is 9.22. The number of carbonyl (C=O) groups is 1. The molecule has 5 rings (SSSR count). The Morgan fingerprint density at radius 2 is 1.58 bits per heavy atom. The maximum atomic E-state index is 13.7. The van der Waals surface area contributed by atoms with Gasteiger partial charge in [-0.3, -0.25) is 4.79 Å². The van der Waals surface area contributed by atoms with Crippen molar-refractivity contribution in [2.24, 2.45) is 46.3 Å². The van der Waals surface area contributed by atoms with Gasteiger partial charge in [0.2, 0.25) is 0 Å². The van der Waals surface area contributed by atoms with Gasteiger partial charge in [-0.05, 0) is 132 Å². The van der Waals surface area contributed by atoms with E-state index < -0.39 is 11.2 Å². The number of fused-ring (bicyclic) bond motifs is 5. The lowest BCUT2D eigenvalue weighted by Crippen LogP contribution is -2.56. The van der Waals surface area contributed by atoms with Crippen LogP contribution in [0.5, 0.6) is 5.75 Å². The number of hydrazine groups is 1. The molecule has 0 heterocycles. The van der Waals surface area contributed by atoms with Crippen molar-refractivity contribution in [2.45, 2.75) is 145 Å². The summed E-state index contributed by atoms with van der Waals surface area (Å²) in [7, 11) is 1.61. The largest absolute Gasteiger partial charge is 0.497 e. The maximum absolute atomic E-state index is 13.7. The van der Waals surface area contributed by atoms with Crippen LogP contribution in [0.15, 0.2) is 18.2 Å².